The van der Waals surface area contributed by atoms with Gasteiger partial charge in [0.25, 0.3) is 5.91 Å². The summed E-state index contributed by atoms with van der Waals surface area (Å²) in [6, 6.07) is 34.7. The monoisotopic (exact) mass is 666 g/mol. The van der Waals surface area contributed by atoms with Crippen molar-refractivity contribution in [1.82, 2.24) is 5.32 Å². The van der Waals surface area contributed by atoms with E-state index in [2.05, 4.69) is 47.8 Å². The van der Waals surface area contributed by atoms with Crippen molar-refractivity contribution in [2.45, 2.75) is 45.3 Å². The van der Waals surface area contributed by atoms with Crippen LogP contribution in [0.4, 0.5) is 26.3 Å². The topological polar surface area (TPSA) is 29.1 Å². The molecule has 9 heteroatoms. The maximum Gasteiger partial charge on any atom is 0.416 e. The molecule has 0 fully saturated rings. The fourth-order valence-corrected chi connectivity index (χ4v) is 10.6. The quantitative estimate of drug-likeness (QED) is 0.130. The Kier molecular flexibility index (Phi) is 9.57. The van der Waals surface area contributed by atoms with Crippen LogP contribution in [0.1, 0.15) is 47.8 Å². The second kappa shape index (κ2) is 13.2. The summed E-state index contributed by atoms with van der Waals surface area (Å²) < 4.78 is 82.0. The Balaban J connectivity index is 1.63. The lowest BCUT2D eigenvalue weighted by Crippen LogP contribution is -2.48. The number of rotatable bonds is 8. The van der Waals surface area contributed by atoms with Gasteiger partial charge in [0, 0.05) is 5.56 Å². The van der Waals surface area contributed by atoms with Gasteiger partial charge >= 0.3 is 12.4 Å². The molecule has 0 radical (unpaired) electrons. The zero-order valence-corrected chi connectivity index (χ0v) is 27.1. The number of carbonyl (C=O) groups is 1. The molecule has 47 heavy (non-hydrogen) atoms. The van der Waals surface area contributed by atoms with Crippen LogP contribution in [-0.4, -0.2) is 18.1 Å². The normalized spacial score (nSPS) is 13.4. The minimum Gasteiger partial charge on any atom is -0.345 e. The first-order chi connectivity index (χ1) is 22.1. The van der Waals surface area contributed by atoms with Crippen molar-refractivity contribution in [3.8, 4) is 0 Å². The first-order valence-corrected chi connectivity index (χ1v) is 17.3. The van der Waals surface area contributed by atoms with E-state index in [9.17, 15) is 31.1 Å². The fourth-order valence-electron chi connectivity index (χ4n) is 5.86. The van der Waals surface area contributed by atoms with E-state index in [1.165, 1.54) is 0 Å². The predicted octanol–water partition coefficient (Wildman–Crippen LogP) is 9.89. The van der Waals surface area contributed by atoms with Crippen LogP contribution in [0.5, 0.6) is 0 Å². The van der Waals surface area contributed by atoms with Crippen molar-refractivity contribution in [1.29, 1.82) is 0 Å². The highest BCUT2D eigenvalue weighted by atomic mass is 31.2. The van der Waals surface area contributed by atoms with E-state index in [0.29, 0.717) is 24.5 Å². The molecule has 0 aromatic heterocycles. The van der Waals surface area contributed by atoms with E-state index in [1.807, 2.05) is 81.4 Å². The summed E-state index contributed by atoms with van der Waals surface area (Å²) >= 11 is 0. The van der Waals surface area contributed by atoms with Crippen molar-refractivity contribution < 1.29 is 31.1 Å². The molecule has 0 heterocycles. The molecular formula is C38H35F6NOP+. The SMILES string of the molecule is CC(C)(C)[C@@H](C[P+](Cc1ccc2ccccc2c1)(c1ccccc1)c1ccccc1)NC(=O)c1cc(C(F)(F)F)cc(C(F)(F)F)c1. The minimum absolute atomic E-state index is 0.0307. The van der Waals surface area contributed by atoms with Gasteiger partial charge < -0.3 is 5.32 Å². The largest absolute Gasteiger partial charge is 0.416 e. The molecule has 0 saturated heterocycles. The van der Waals surface area contributed by atoms with Crippen LogP contribution in [0.2, 0.25) is 0 Å². The number of nitrogens with one attached hydrogen (secondary N) is 1. The molecule has 0 aliphatic rings. The van der Waals surface area contributed by atoms with Crippen LogP contribution >= 0.6 is 7.26 Å². The number of alkyl halides is 6. The van der Waals surface area contributed by atoms with Gasteiger partial charge in [-0.3, -0.25) is 4.79 Å². The summed E-state index contributed by atoms with van der Waals surface area (Å²) in [4.78, 5) is 13.7. The lowest BCUT2D eigenvalue weighted by atomic mass is 9.87. The molecule has 244 valence electrons. The van der Waals surface area contributed by atoms with E-state index in [-0.39, 0.29) is 6.07 Å². The molecule has 1 atom stereocenters. The first-order valence-electron chi connectivity index (χ1n) is 15.1. The summed E-state index contributed by atoms with van der Waals surface area (Å²) in [5.41, 5.74) is -3.30. The maximum atomic E-state index is 13.7. The van der Waals surface area contributed by atoms with E-state index >= 15 is 0 Å². The Bertz CT molecular complexity index is 1770. The lowest BCUT2D eigenvalue weighted by Gasteiger charge is -2.37. The van der Waals surface area contributed by atoms with Crippen LogP contribution in [0.25, 0.3) is 10.8 Å². The Hall–Kier alpha value is -4.16. The second-order valence-electron chi connectivity index (χ2n) is 12.8. The van der Waals surface area contributed by atoms with Gasteiger partial charge in [0.15, 0.2) is 0 Å². The third-order valence-electron chi connectivity index (χ3n) is 8.46. The third kappa shape index (κ3) is 7.87. The summed E-state index contributed by atoms with van der Waals surface area (Å²) in [7, 11) is -2.45. The van der Waals surface area contributed by atoms with Crippen LogP contribution in [0.3, 0.4) is 0 Å². The van der Waals surface area contributed by atoms with Gasteiger partial charge in [-0.05, 0) is 70.3 Å². The van der Waals surface area contributed by atoms with E-state index in [1.54, 1.807) is 0 Å². The predicted molar refractivity (Wildman–Crippen MR) is 179 cm³/mol. The average molecular weight is 667 g/mol. The minimum atomic E-state index is -5.07. The van der Waals surface area contributed by atoms with Crippen molar-refractivity contribution in [2.75, 3.05) is 6.16 Å². The van der Waals surface area contributed by atoms with Crippen molar-refractivity contribution in [3.05, 3.63) is 144 Å². The molecule has 5 aromatic rings. The van der Waals surface area contributed by atoms with Gasteiger partial charge in [-0.15, -0.1) is 0 Å². The number of hydrogen-bond donors (Lipinski definition) is 1. The molecule has 2 nitrogen and oxygen atoms in total. The summed E-state index contributed by atoms with van der Waals surface area (Å²) in [5, 5.41) is 7.21. The lowest BCUT2D eigenvalue weighted by molar-refractivity contribution is -0.143. The van der Waals surface area contributed by atoms with Gasteiger partial charge in [0.2, 0.25) is 0 Å². The highest BCUT2D eigenvalue weighted by Gasteiger charge is 2.48. The average Bonchev–Trinajstić information content (AvgIpc) is 3.03. The molecule has 5 aromatic carbocycles. The van der Waals surface area contributed by atoms with Crippen LogP contribution in [0, 0.1) is 5.41 Å². The zero-order valence-electron chi connectivity index (χ0n) is 26.2. The molecule has 5 rings (SSSR count). The second-order valence-corrected chi connectivity index (χ2v) is 16.5. The highest BCUT2D eigenvalue weighted by molar-refractivity contribution is 7.88. The van der Waals surface area contributed by atoms with Crippen LogP contribution in [0.15, 0.2) is 121 Å². The van der Waals surface area contributed by atoms with Crippen molar-refractivity contribution >= 4 is 34.6 Å². The molecule has 0 spiro atoms. The van der Waals surface area contributed by atoms with Crippen molar-refractivity contribution in [2.24, 2.45) is 5.41 Å². The standard InChI is InChI=1S/C38H34F6NOP/c1-36(2,3)34(45-35(46)29-21-30(37(39,40)41)23-31(22-29)38(42,43)44)25-47(32-14-6-4-7-15-32,33-16-8-5-9-17-33)24-26-18-19-27-12-10-11-13-28(27)20-26/h4-23,34H,24-25H2,1-3H3/p+1/t34-/m1/s1. The highest BCUT2D eigenvalue weighted by Crippen LogP contribution is 2.60. The molecular weight excluding hydrogens is 631 g/mol. The Morgan fingerprint density at radius 3 is 1.62 bits per heavy atom. The number of halogens is 6. The summed E-state index contributed by atoms with van der Waals surface area (Å²) in [6.07, 6.45) is -9.11. The van der Waals surface area contributed by atoms with E-state index in [0.717, 1.165) is 26.9 Å². The molecule has 1 amide bonds. The maximum absolute atomic E-state index is 13.7. The summed E-state index contributed by atoms with van der Waals surface area (Å²) in [6.45, 7) is 5.73. The van der Waals surface area contributed by atoms with Crippen LogP contribution < -0.4 is 15.9 Å². The third-order valence-corrected chi connectivity index (χ3v) is 12.9. The Morgan fingerprint density at radius 2 is 1.13 bits per heavy atom. The van der Waals surface area contributed by atoms with Crippen molar-refractivity contribution in [3.63, 3.8) is 0 Å². The number of benzene rings is 5. The molecule has 0 saturated carbocycles. The number of carbonyl (C=O) groups excluding carboxylic acids is 1. The fraction of sp³-hybridized carbons (Fsp3) is 0.237. The van der Waals surface area contributed by atoms with E-state index < -0.39 is 53.7 Å². The smallest absolute Gasteiger partial charge is 0.345 e. The Labute approximate surface area is 271 Å². The zero-order chi connectivity index (χ0) is 34.0. The molecule has 1 N–H and O–H groups in total. The molecule has 0 aliphatic carbocycles. The number of amides is 1. The van der Waals surface area contributed by atoms with Gasteiger partial charge in [-0.25, -0.2) is 0 Å². The van der Waals surface area contributed by atoms with Gasteiger partial charge in [0.05, 0.1) is 47.4 Å². The molecule has 0 aliphatic heterocycles. The first kappa shape index (κ1) is 34.2. The van der Waals surface area contributed by atoms with Crippen LogP contribution in [-0.2, 0) is 18.5 Å². The van der Waals surface area contributed by atoms with Gasteiger partial charge in [-0.1, -0.05) is 93.6 Å². The number of fused-ring (bicyclic) bond motifs is 1. The van der Waals surface area contributed by atoms with Gasteiger partial charge in [0.1, 0.15) is 0 Å². The summed E-state index contributed by atoms with van der Waals surface area (Å²) in [5.74, 6) is -0.994. The molecule has 0 bridgehead atoms. The van der Waals surface area contributed by atoms with Gasteiger partial charge in [-0.2, -0.15) is 26.3 Å². The molecule has 0 unspecified atom stereocenters. The van der Waals surface area contributed by atoms with E-state index in [4.69, 9.17) is 0 Å². The number of hydrogen-bond acceptors (Lipinski definition) is 1. The Morgan fingerprint density at radius 1 is 0.638 bits per heavy atom.